The lowest BCUT2D eigenvalue weighted by Gasteiger charge is -2.49. The van der Waals surface area contributed by atoms with Crippen molar-refractivity contribution in [1.82, 2.24) is 4.90 Å². The second-order valence-electron chi connectivity index (χ2n) is 18.2. The molecule has 17 nitrogen and oxygen atoms in total. The smallest absolute Gasteiger partial charge is 0.311 e. The molecular weight excluding hydrogens is 786 g/mol. The summed E-state index contributed by atoms with van der Waals surface area (Å²) in [5.74, 6) is -6.64. The summed E-state index contributed by atoms with van der Waals surface area (Å²) in [6.45, 7) is 17.9. The summed E-state index contributed by atoms with van der Waals surface area (Å²) in [5, 5.41) is 46.8. The quantitative estimate of drug-likeness (QED) is 0.163. The van der Waals surface area contributed by atoms with E-state index in [4.69, 9.17) is 37.9 Å². The van der Waals surface area contributed by atoms with E-state index in [1.165, 1.54) is 27.9 Å². The average molecular weight is 862 g/mol. The van der Waals surface area contributed by atoms with Gasteiger partial charge in [-0.25, -0.2) is 0 Å². The van der Waals surface area contributed by atoms with Crippen LogP contribution in [0.3, 0.4) is 0 Å². The number of hydrogen-bond acceptors (Lipinski definition) is 17. The van der Waals surface area contributed by atoms with Crippen LogP contribution in [0.1, 0.15) is 115 Å². The number of ether oxygens (including phenoxy) is 8. The summed E-state index contributed by atoms with van der Waals surface area (Å²) in [6.07, 6.45) is -11.1. The van der Waals surface area contributed by atoms with Gasteiger partial charge in [0.1, 0.15) is 23.6 Å². The Balaban J connectivity index is 2.22. The van der Waals surface area contributed by atoms with Gasteiger partial charge in [-0.15, -0.1) is 0 Å². The van der Waals surface area contributed by atoms with Crippen molar-refractivity contribution in [3.05, 3.63) is 0 Å². The van der Waals surface area contributed by atoms with E-state index in [2.05, 4.69) is 0 Å². The van der Waals surface area contributed by atoms with Gasteiger partial charge in [0.25, 0.3) is 0 Å². The molecule has 0 aromatic heterocycles. The zero-order chi connectivity index (χ0) is 45.7. The number of nitrogens with zero attached hydrogens (tertiary/aromatic N) is 1. The molecule has 0 saturated carbocycles. The third-order valence-electron chi connectivity index (χ3n) is 12.9. The summed E-state index contributed by atoms with van der Waals surface area (Å²) >= 11 is 0. The van der Waals surface area contributed by atoms with E-state index in [9.17, 15) is 39.6 Å². The lowest BCUT2D eigenvalue weighted by atomic mass is 9.74. The number of esters is 3. The van der Waals surface area contributed by atoms with Gasteiger partial charge in [0, 0.05) is 31.3 Å². The molecule has 3 rings (SSSR count). The number of cyclic esters (lactones) is 1. The Bertz CT molecular complexity index is 1440. The number of ketones is 1. The highest BCUT2D eigenvalue weighted by molar-refractivity contribution is 5.83. The minimum Gasteiger partial charge on any atom is -0.466 e. The van der Waals surface area contributed by atoms with Gasteiger partial charge in [0.15, 0.2) is 18.7 Å². The maximum atomic E-state index is 14.3. The van der Waals surface area contributed by atoms with Crippen LogP contribution in [0.2, 0.25) is 0 Å². The number of carbonyl (C=O) groups is 4. The van der Waals surface area contributed by atoms with Crippen LogP contribution in [-0.4, -0.2) is 161 Å². The Labute approximate surface area is 356 Å². The number of hydrogen-bond donors (Lipinski definition) is 4. The standard InChI is InChI=1S/C43H75NO16/c1-15-29-43(11,52)36(48)24(5)33(47)22(3)20-41(9,51)38(25(6)34(26(7)39(50)57-29)59-32-21-42(10,53-14)37(49)27(8)56-32)60-40-35(28(44(12)13)19-23(4)55-40)58-31(46)18-17-30(45)54-16-2/h22-29,32,34-38,40,48-49,51-52H,15-21H2,1-14H3/t22-,23-,24-,25-,26+,27+,28-,29-,32-,34+,35+,36-,37-,38-,40+,41+,42+,43+/m1/s1. The third kappa shape index (κ3) is 12.2. The monoisotopic (exact) mass is 862 g/mol. The second kappa shape index (κ2) is 21.4. The topological polar surface area (TPSA) is 226 Å². The molecule has 3 heterocycles. The zero-order valence-electron chi connectivity index (χ0n) is 38.2. The Hall–Kier alpha value is -2.32. The lowest BCUT2D eigenvalue weighted by molar-refractivity contribution is -0.319. The number of Topliss-reactive ketones (excluding diaryl/α,β-unsaturated/α-hetero) is 1. The molecule has 0 unspecified atom stereocenters. The molecule has 0 aromatic carbocycles. The average Bonchev–Trinajstić information content (AvgIpc) is 3.17. The van der Waals surface area contributed by atoms with Crippen molar-refractivity contribution in [3.8, 4) is 0 Å². The molecule has 0 amide bonds. The molecule has 0 aromatic rings. The fourth-order valence-corrected chi connectivity index (χ4v) is 9.17. The van der Waals surface area contributed by atoms with Crippen molar-refractivity contribution in [3.63, 3.8) is 0 Å². The van der Waals surface area contributed by atoms with Crippen molar-refractivity contribution < 1.29 is 77.5 Å². The number of rotatable bonds is 12. The minimum absolute atomic E-state index is 0.0431. The summed E-state index contributed by atoms with van der Waals surface area (Å²) in [5.41, 5.74) is -5.06. The van der Waals surface area contributed by atoms with Gasteiger partial charge >= 0.3 is 17.9 Å². The van der Waals surface area contributed by atoms with Crippen LogP contribution in [0.5, 0.6) is 0 Å². The van der Waals surface area contributed by atoms with Gasteiger partial charge in [-0.05, 0) is 81.8 Å². The van der Waals surface area contributed by atoms with Crippen LogP contribution < -0.4 is 0 Å². The van der Waals surface area contributed by atoms with E-state index in [0.29, 0.717) is 6.42 Å². The molecule has 3 aliphatic rings. The Morgan fingerprint density at radius 3 is 2.03 bits per heavy atom. The Morgan fingerprint density at radius 1 is 0.850 bits per heavy atom. The van der Waals surface area contributed by atoms with E-state index < -0.39 is 132 Å². The normalized spacial score (nSPS) is 43.8. The Kier molecular flexibility index (Phi) is 18.5. The maximum absolute atomic E-state index is 14.3. The summed E-state index contributed by atoms with van der Waals surface area (Å²) in [4.78, 5) is 55.6. The van der Waals surface area contributed by atoms with Crippen LogP contribution in [0.25, 0.3) is 0 Å². The highest BCUT2D eigenvalue weighted by atomic mass is 16.7. The van der Waals surface area contributed by atoms with Gasteiger partial charge in [0.05, 0.1) is 73.1 Å². The molecule has 4 N–H and O–H groups in total. The van der Waals surface area contributed by atoms with Gasteiger partial charge in [-0.2, -0.15) is 0 Å². The third-order valence-corrected chi connectivity index (χ3v) is 12.9. The molecular formula is C43H75NO16. The first-order valence-electron chi connectivity index (χ1n) is 21.5. The summed E-state index contributed by atoms with van der Waals surface area (Å²) in [7, 11) is 5.09. The van der Waals surface area contributed by atoms with Gasteiger partial charge < -0.3 is 63.2 Å². The number of aliphatic hydroxyl groups is 4. The van der Waals surface area contributed by atoms with Crippen LogP contribution in [0.15, 0.2) is 0 Å². The van der Waals surface area contributed by atoms with Gasteiger partial charge in [-0.1, -0.05) is 27.7 Å². The molecule has 0 bridgehead atoms. The first-order chi connectivity index (χ1) is 27.8. The fraction of sp³-hybridized carbons (Fsp3) is 0.907. The minimum atomic E-state index is -2.04. The van der Waals surface area contributed by atoms with Crippen LogP contribution in [0, 0.1) is 23.7 Å². The van der Waals surface area contributed by atoms with Crippen molar-refractivity contribution >= 4 is 23.7 Å². The van der Waals surface area contributed by atoms with E-state index in [1.54, 1.807) is 48.5 Å². The predicted molar refractivity (Wildman–Crippen MR) is 216 cm³/mol. The van der Waals surface area contributed by atoms with Crippen LogP contribution in [0.4, 0.5) is 0 Å². The molecule has 3 aliphatic heterocycles. The lowest BCUT2D eigenvalue weighted by Crippen LogP contribution is -2.61. The predicted octanol–water partition coefficient (Wildman–Crippen LogP) is 2.68. The van der Waals surface area contributed by atoms with Gasteiger partial charge in [-0.3, -0.25) is 19.2 Å². The highest BCUT2D eigenvalue weighted by Crippen LogP contribution is 2.41. The summed E-state index contributed by atoms with van der Waals surface area (Å²) in [6, 6.07) is -0.443. The van der Waals surface area contributed by atoms with Gasteiger partial charge in [0.2, 0.25) is 0 Å². The van der Waals surface area contributed by atoms with E-state index in [-0.39, 0.29) is 38.7 Å². The summed E-state index contributed by atoms with van der Waals surface area (Å²) < 4.78 is 48.8. The largest absolute Gasteiger partial charge is 0.466 e. The van der Waals surface area contributed by atoms with E-state index >= 15 is 0 Å². The molecule has 17 heteroatoms. The maximum Gasteiger partial charge on any atom is 0.311 e. The highest BCUT2D eigenvalue weighted by Gasteiger charge is 2.54. The van der Waals surface area contributed by atoms with Crippen LogP contribution >= 0.6 is 0 Å². The van der Waals surface area contributed by atoms with Crippen molar-refractivity contribution in [2.75, 3.05) is 27.8 Å². The first-order valence-corrected chi connectivity index (χ1v) is 21.5. The van der Waals surface area contributed by atoms with E-state index in [0.717, 1.165) is 0 Å². The molecule has 348 valence electrons. The zero-order valence-corrected chi connectivity index (χ0v) is 38.2. The van der Waals surface area contributed by atoms with Crippen LogP contribution in [-0.2, 0) is 57.1 Å². The molecule has 3 saturated heterocycles. The molecule has 60 heavy (non-hydrogen) atoms. The van der Waals surface area contributed by atoms with Crippen molar-refractivity contribution in [1.29, 1.82) is 0 Å². The number of methoxy groups -OCH3 is 1. The molecule has 0 radical (unpaired) electrons. The Morgan fingerprint density at radius 2 is 1.47 bits per heavy atom. The number of aliphatic hydroxyl groups excluding tert-OH is 2. The fourth-order valence-electron chi connectivity index (χ4n) is 9.17. The number of likely N-dealkylation sites (N-methyl/N-ethyl adjacent to an activating group) is 1. The van der Waals surface area contributed by atoms with Crippen molar-refractivity contribution in [2.24, 2.45) is 23.7 Å². The SMILES string of the molecule is CCOC(=O)CCC(=O)O[C@@H]1[C@H](O[C@@H]2[C@H](C)[C@H](O[C@@H]3C[C@](C)(OC)[C@H](O)[C@H](C)O3)[C@H](C)C(=O)O[C@H](CC)[C@](C)(O)[C@H](O)[C@H](C)C(=O)[C@H](C)C[C@]2(C)O)O[C@H](C)C[C@H]1N(C)C. The van der Waals surface area contributed by atoms with E-state index in [1.807, 2.05) is 25.9 Å². The molecule has 0 aliphatic carbocycles. The van der Waals surface area contributed by atoms with Crippen molar-refractivity contribution in [2.45, 2.75) is 199 Å². The molecule has 18 atom stereocenters. The number of carbonyl (C=O) groups excluding carboxylic acids is 4. The molecule has 0 spiro atoms. The first kappa shape index (κ1) is 52.0. The molecule has 3 fully saturated rings. The second-order valence-corrected chi connectivity index (χ2v) is 18.2.